The number of hydrogen-bond donors (Lipinski definition) is 1. The van der Waals surface area contributed by atoms with Crippen LogP contribution in [0.1, 0.15) is 18.4 Å². The van der Waals surface area contributed by atoms with Crippen molar-refractivity contribution in [3.63, 3.8) is 0 Å². The highest BCUT2D eigenvalue weighted by molar-refractivity contribution is 6.07. The maximum absolute atomic E-state index is 12.0. The quantitative estimate of drug-likeness (QED) is 0.810. The summed E-state index contributed by atoms with van der Waals surface area (Å²) in [5, 5.41) is 9.46. The molecule has 1 aromatic rings. The monoisotopic (exact) mass is 332 g/mol. The molecule has 0 saturated carbocycles. The molecule has 0 radical (unpaired) electrons. The molecule has 0 spiro atoms. The van der Waals surface area contributed by atoms with E-state index in [0.717, 1.165) is 10.5 Å². The molecule has 1 aromatic carbocycles. The summed E-state index contributed by atoms with van der Waals surface area (Å²) in [6, 6.07) is 9.06. The molecule has 2 aliphatic heterocycles. The number of carbonyl (C=O) groups excluding carboxylic acids is 3. The predicted molar refractivity (Wildman–Crippen MR) is 79.7 cm³/mol. The zero-order valence-electron chi connectivity index (χ0n) is 12.8. The van der Waals surface area contributed by atoms with Crippen molar-refractivity contribution < 1.29 is 29.0 Å². The van der Waals surface area contributed by atoms with Gasteiger partial charge in [-0.2, -0.15) is 0 Å². The van der Waals surface area contributed by atoms with Crippen molar-refractivity contribution in [2.75, 3.05) is 13.1 Å². The number of hydrogen-bond acceptors (Lipinski definition) is 5. The fraction of sp³-hybridized carbons (Fsp3) is 0.375. The van der Waals surface area contributed by atoms with Gasteiger partial charge in [-0.15, -0.1) is 0 Å². The molecule has 0 aliphatic carbocycles. The molecule has 0 bridgehead atoms. The van der Waals surface area contributed by atoms with Crippen molar-refractivity contribution in [3.05, 3.63) is 35.9 Å². The molecule has 0 unspecified atom stereocenters. The number of ether oxygens (including phenoxy) is 1. The van der Waals surface area contributed by atoms with Crippen molar-refractivity contribution in [2.45, 2.75) is 25.0 Å². The molecule has 2 heterocycles. The molecule has 8 heteroatoms. The van der Waals surface area contributed by atoms with Crippen LogP contribution in [0.15, 0.2) is 30.3 Å². The fourth-order valence-corrected chi connectivity index (χ4v) is 2.95. The highest BCUT2D eigenvalue weighted by Gasteiger charge is 2.60. The van der Waals surface area contributed by atoms with Crippen LogP contribution in [0, 0.1) is 0 Å². The molecule has 2 aliphatic rings. The number of rotatable bonds is 4. The lowest BCUT2D eigenvalue weighted by atomic mass is 9.88. The third kappa shape index (κ3) is 2.60. The first-order chi connectivity index (χ1) is 11.4. The number of carbonyl (C=O) groups is 4. The third-order valence-corrected chi connectivity index (χ3v) is 4.25. The van der Waals surface area contributed by atoms with Gasteiger partial charge < -0.3 is 14.7 Å². The highest BCUT2D eigenvalue weighted by atomic mass is 16.6. The molecular formula is C16H16N2O6. The van der Waals surface area contributed by atoms with Crippen LogP contribution in [-0.4, -0.2) is 57.4 Å². The molecule has 126 valence electrons. The van der Waals surface area contributed by atoms with Crippen molar-refractivity contribution in [1.29, 1.82) is 0 Å². The first-order valence-corrected chi connectivity index (χ1v) is 7.49. The summed E-state index contributed by atoms with van der Waals surface area (Å²) in [6.07, 6.45) is -0.659. The van der Waals surface area contributed by atoms with E-state index in [1.807, 2.05) is 18.2 Å². The van der Waals surface area contributed by atoms with E-state index in [4.69, 9.17) is 4.74 Å². The van der Waals surface area contributed by atoms with Gasteiger partial charge in [0, 0.05) is 12.8 Å². The lowest BCUT2D eigenvalue weighted by Crippen LogP contribution is -2.75. The van der Waals surface area contributed by atoms with Gasteiger partial charge in [-0.25, -0.2) is 9.59 Å². The SMILES string of the molecule is O=C(OCc1ccccc1)N1CC(C(=O)O)(N2C(=O)CCC2=O)C1. The van der Waals surface area contributed by atoms with Crippen LogP contribution in [0.2, 0.25) is 0 Å². The second-order valence-electron chi connectivity index (χ2n) is 5.86. The summed E-state index contributed by atoms with van der Waals surface area (Å²) in [6.45, 7) is -0.446. The molecule has 3 rings (SSSR count). The number of imide groups is 1. The molecule has 8 nitrogen and oxygen atoms in total. The van der Waals surface area contributed by atoms with Crippen LogP contribution in [0.5, 0.6) is 0 Å². The van der Waals surface area contributed by atoms with Crippen LogP contribution in [0.3, 0.4) is 0 Å². The minimum atomic E-state index is -1.67. The Hall–Kier alpha value is -2.90. The van der Waals surface area contributed by atoms with E-state index in [1.165, 1.54) is 4.90 Å². The van der Waals surface area contributed by atoms with Crippen molar-refractivity contribution >= 4 is 23.9 Å². The van der Waals surface area contributed by atoms with E-state index in [1.54, 1.807) is 12.1 Å². The van der Waals surface area contributed by atoms with Gasteiger partial charge in [0.2, 0.25) is 11.8 Å². The molecule has 24 heavy (non-hydrogen) atoms. The standard InChI is InChI=1S/C16H16N2O6/c19-12-6-7-13(20)18(12)16(14(21)22)9-17(10-16)15(23)24-8-11-4-2-1-3-5-11/h1-5H,6-10H2,(H,21,22). The molecule has 0 aromatic heterocycles. The van der Waals surface area contributed by atoms with Crippen LogP contribution < -0.4 is 0 Å². The largest absolute Gasteiger partial charge is 0.479 e. The van der Waals surface area contributed by atoms with Gasteiger partial charge in [-0.1, -0.05) is 30.3 Å². The average Bonchev–Trinajstić information content (AvgIpc) is 2.85. The summed E-state index contributed by atoms with van der Waals surface area (Å²) in [5.41, 5.74) is -0.864. The van der Waals surface area contributed by atoms with Gasteiger partial charge in [0.05, 0.1) is 13.1 Å². The number of amides is 3. The Balaban J connectivity index is 1.63. The normalized spacial score (nSPS) is 19.2. The van der Waals surface area contributed by atoms with Crippen LogP contribution >= 0.6 is 0 Å². The number of likely N-dealkylation sites (tertiary alicyclic amines) is 2. The van der Waals surface area contributed by atoms with Crippen molar-refractivity contribution in [1.82, 2.24) is 9.80 Å². The first-order valence-electron chi connectivity index (χ1n) is 7.49. The molecule has 3 amide bonds. The van der Waals surface area contributed by atoms with E-state index in [0.29, 0.717) is 0 Å². The maximum Gasteiger partial charge on any atom is 0.410 e. The zero-order valence-corrected chi connectivity index (χ0v) is 12.8. The summed E-state index contributed by atoms with van der Waals surface area (Å²) in [5.74, 6) is -2.32. The summed E-state index contributed by atoms with van der Waals surface area (Å²) < 4.78 is 5.13. The Bertz CT molecular complexity index is 680. The van der Waals surface area contributed by atoms with Gasteiger partial charge in [-0.05, 0) is 5.56 Å². The molecular weight excluding hydrogens is 316 g/mol. The highest BCUT2D eigenvalue weighted by Crippen LogP contribution is 2.33. The van der Waals surface area contributed by atoms with Gasteiger partial charge >= 0.3 is 12.1 Å². The smallest absolute Gasteiger partial charge is 0.410 e. The number of nitrogens with zero attached hydrogens (tertiary/aromatic N) is 2. The summed E-state index contributed by atoms with van der Waals surface area (Å²) >= 11 is 0. The second-order valence-corrected chi connectivity index (χ2v) is 5.86. The Morgan fingerprint density at radius 3 is 2.21 bits per heavy atom. The van der Waals surface area contributed by atoms with Gasteiger partial charge in [0.15, 0.2) is 5.54 Å². The topological polar surface area (TPSA) is 104 Å². The first kappa shape index (κ1) is 16.0. The Morgan fingerprint density at radius 2 is 1.67 bits per heavy atom. The lowest BCUT2D eigenvalue weighted by molar-refractivity contribution is -0.173. The van der Waals surface area contributed by atoms with Crippen molar-refractivity contribution in [2.24, 2.45) is 0 Å². The number of benzene rings is 1. The molecule has 1 N–H and O–H groups in total. The van der Waals surface area contributed by atoms with Gasteiger partial charge in [0.1, 0.15) is 6.61 Å². The Morgan fingerprint density at radius 1 is 1.08 bits per heavy atom. The Labute approximate surface area is 137 Å². The zero-order chi connectivity index (χ0) is 17.3. The molecule has 2 saturated heterocycles. The van der Waals surface area contributed by atoms with Crippen LogP contribution in [0.25, 0.3) is 0 Å². The number of carboxylic acid groups (broad SMARTS) is 1. The second kappa shape index (κ2) is 5.95. The summed E-state index contributed by atoms with van der Waals surface area (Å²) in [7, 11) is 0. The number of carboxylic acids is 1. The lowest BCUT2D eigenvalue weighted by Gasteiger charge is -2.49. The fourth-order valence-electron chi connectivity index (χ4n) is 2.95. The summed E-state index contributed by atoms with van der Waals surface area (Å²) in [4.78, 5) is 49.2. The van der Waals surface area contributed by atoms with E-state index < -0.39 is 29.4 Å². The van der Waals surface area contributed by atoms with E-state index in [9.17, 15) is 24.3 Å². The maximum atomic E-state index is 12.0. The predicted octanol–water partition coefficient (Wildman–Crippen LogP) is 0.611. The van der Waals surface area contributed by atoms with Gasteiger partial charge in [0.25, 0.3) is 0 Å². The van der Waals surface area contributed by atoms with Crippen molar-refractivity contribution in [3.8, 4) is 0 Å². The van der Waals surface area contributed by atoms with Crippen LogP contribution in [-0.2, 0) is 25.7 Å². The van der Waals surface area contributed by atoms with E-state index >= 15 is 0 Å². The number of aliphatic carboxylic acids is 1. The van der Waals surface area contributed by atoms with E-state index in [2.05, 4.69) is 0 Å². The Kier molecular flexibility index (Phi) is 3.96. The third-order valence-electron chi connectivity index (χ3n) is 4.25. The van der Waals surface area contributed by atoms with Crippen LogP contribution in [0.4, 0.5) is 4.79 Å². The van der Waals surface area contributed by atoms with E-state index in [-0.39, 0.29) is 32.5 Å². The minimum Gasteiger partial charge on any atom is -0.479 e. The molecule has 2 fully saturated rings. The average molecular weight is 332 g/mol. The molecule has 0 atom stereocenters. The minimum absolute atomic E-state index is 0.00627. The van der Waals surface area contributed by atoms with Gasteiger partial charge in [-0.3, -0.25) is 14.5 Å².